The number of hydrogen-bond donors (Lipinski definition) is 0. The summed E-state index contributed by atoms with van der Waals surface area (Å²) in [5.74, 6) is -1.19. The highest BCUT2D eigenvalue weighted by Gasteiger charge is 2.33. The quantitative estimate of drug-likeness (QED) is 0.277. The Kier molecular flexibility index (Phi) is 7.85. The van der Waals surface area contributed by atoms with E-state index in [4.69, 9.17) is 4.74 Å². The molecule has 2 heterocycles. The number of thioether (sulfide) groups is 1. The maximum absolute atomic E-state index is 14.0. The predicted molar refractivity (Wildman–Crippen MR) is 133 cm³/mol. The molecule has 0 N–H and O–H groups in total. The van der Waals surface area contributed by atoms with Gasteiger partial charge in [-0.15, -0.1) is 0 Å². The van der Waals surface area contributed by atoms with Crippen molar-refractivity contribution in [2.75, 3.05) is 19.7 Å². The molecule has 1 fully saturated rings. The average molecular weight is 498 g/mol. The van der Waals surface area contributed by atoms with Crippen molar-refractivity contribution in [3.63, 3.8) is 0 Å². The van der Waals surface area contributed by atoms with Gasteiger partial charge in [-0.25, -0.2) is 9.37 Å². The van der Waals surface area contributed by atoms with E-state index in [2.05, 4.69) is 4.98 Å². The lowest BCUT2D eigenvalue weighted by Gasteiger charge is -2.33. The number of carbonyl (C=O) groups is 2. The second-order valence-electron chi connectivity index (χ2n) is 8.42. The van der Waals surface area contributed by atoms with Gasteiger partial charge in [0.05, 0.1) is 34.4 Å². The van der Waals surface area contributed by atoms with Crippen molar-refractivity contribution >= 4 is 34.5 Å². The topological polar surface area (TPSA) is 81.5 Å². The fourth-order valence-electron chi connectivity index (χ4n) is 4.30. The van der Waals surface area contributed by atoms with E-state index < -0.39 is 11.1 Å². The summed E-state index contributed by atoms with van der Waals surface area (Å²) in [4.78, 5) is 45.5. The van der Waals surface area contributed by atoms with Gasteiger partial charge in [0.2, 0.25) is 5.91 Å². The maximum Gasteiger partial charge on any atom is 0.310 e. The number of benzene rings is 2. The van der Waals surface area contributed by atoms with Gasteiger partial charge in [-0.1, -0.05) is 36.9 Å². The number of nitrogens with zero attached hydrogens (tertiary/aromatic N) is 3. The van der Waals surface area contributed by atoms with Crippen molar-refractivity contribution in [1.82, 2.24) is 14.5 Å². The number of ether oxygens (including phenoxy) is 1. The van der Waals surface area contributed by atoms with Gasteiger partial charge in [-0.2, -0.15) is 0 Å². The number of esters is 1. The van der Waals surface area contributed by atoms with E-state index in [1.54, 1.807) is 42.2 Å². The summed E-state index contributed by atoms with van der Waals surface area (Å²) >= 11 is 1.19. The Hall–Kier alpha value is -3.20. The molecule has 0 spiro atoms. The van der Waals surface area contributed by atoms with Crippen LogP contribution in [0.15, 0.2) is 58.5 Å². The van der Waals surface area contributed by atoms with Crippen molar-refractivity contribution in [2.24, 2.45) is 5.92 Å². The van der Waals surface area contributed by atoms with Crippen molar-refractivity contribution in [3.05, 3.63) is 64.7 Å². The van der Waals surface area contributed by atoms with E-state index in [0.717, 1.165) is 6.42 Å². The van der Waals surface area contributed by atoms with E-state index >= 15 is 0 Å². The van der Waals surface area contributed by atoms with Gasteiger partial charge in [0, 0.05) is 13.1 Å². The Bertz CT molecular complexity index is 1300. The third-order valence-corrected chi connectivity index (χ3v) is 7.36. The number of carbonyl (C=O) groups excluding carboxylic acids is 2. The molecule has 4 rings (SSSR count). The summed E-state index contributed by atoms with van der Waals surface area (Å²) in [6.07, 6.45) is 1.91. The first kappa shape index (κ1) is 24.9. The number of rotatable bonds is 7. The van der Waals surface area contributed by atoms with Gasteiger partial charge >= 0.3 is 5.97 Å². The van der Waals surface area contributed by atoms with Crippen LogP contribution in [0.4, 0.5) is 4.39 Å². The first-order valence-electron chi connectivity index (χ1n) is 11.8. The second kappa shape index (κ2) is 11.0. The molecule has 2 unspecified atom stereocenters. The summed E-state index contributed by atoms with van der Waals surface area (Å²) in [5, 5.41) is 0.205. The van der Waals surface area contributed by atoms with Gasteiger partial charge in [0.25, 0.3) is 5.56 Å². The van der Waals surface area contributed by atoms with E-state index in [9.17, 15) is 18.8 Å². The van der Waals surface area contributed by atoms with Crippen LogP contribution >= 0.6 is 11.8 Å². The maximum atomic E-state index is 14.0. The number of halogens is 1. The smallest absolute Gasteiger partial charge is 0.310 e. The summed E-state index contributed by atoms with van der Waals surface area (Å²) in [7, 11) is 0. The number of hydrogen-bond acceptors (Lipinski definition) is 6. The summed E-state index contributed by atoms with van der Waals surface area (Å²) in [5.41, 5.74) is 0.528. The van der Waals surface area contributed by atoms with Gasteiger partial charge < -0.3 is 9.64 Å². The molecule has 184 valence electrons. The number of likely N-dealkylation sites (tertiary alicyclic amines) is 1. The van der Waals surface area contributed by atoms with Crippen LogP contribution in [-0.2, 0) is 14.3 Å². The van der Waals surface area contributed by atoms with Crippen molar-refractivity contribution in [1.29, 1.82) is 0 Å². The standard InChI is InChI=1S/C26H28FN3O4S/c1-3-22(24(32)29-14-8-9-17(16-29)25(33)34-4-2)35-26-28-21-13-6-5-12-20(21)23(31)30(26)19-11-7-10-18(27)15-19/h5-7,10-13,15,17,22H,3-4,8-9,14,16H2,1-2H3. The molecule has 0 aliphatic carbocycles. The molecular weight excluding hydrogens is 469 g/mol. The van der Waals surface area contributed by atoms with Crippen LogP contribution in [0, 0.1) is 11.7 Å². The van der Waals surface area contributed by atoms with Crippen LogP contribution in [0.1, 0.15) is 33.1 Å². The van der Waals surface area contributed by atoms with E-state index in [-0.39, 0.29) is 23.4 Å². The van der Waals surface area contributed by atoms with Gasteiger partial charge in [-0.3, -0.25) is 19.0 Å². The molecule has 3 aromatic rings. The molecule has 2 atom stereocenters. The molecule has 1 saturated heterocycles. The van der Waals surface area contributed by atoms with E-state index in [0.29, 0.717) is 54.3 Å². The summed E-state index contributed by atoms with van der Waals surface area (Å²) < 4.78 is 20.6. The van der Waals surface area contributed by atoms with Gasteiger partial charge in [-0.05, 0) is 56.5 Å². The Balaban J connectivity index is 1.68. The molecule has 0 radical (unpaired) electrons. The predicted octanol–water partition coefficient (Wildman–Crippen LogP) is 4.20. The molecule has 2 aromatic carbocycles. The lowest BCUT2D eigenvalue weighted by Crippen LogP contribution is -2.46. The SMILES string of the molecule is CCOC(=O)C1CCCN(C(=O)C(CC)Sc2nc3ccccc3c(=O)n2-c2cccc(F)c2)C1. The first-order chi connectivity index (χ1) is 16.9. The zero-order chi connectivity index (χ0) is 24.9. The number of amides is 1. The summed E-state index contributed by atoms with van der Waals surface area (Å²) in [6, 6.07) is 12.7. The minimum absolute atomic E-state index is 0.111. The Morgan fingerprint density at radius 3 is 2.74 bits per heavy atom. The number of piperidine rings is 1. The molecule has 35 heavy (non-hydrogen) atoms. The molecule has 1 aliphatic rings. The minimum Gasteiger partial charge on any atom is -0.466 e. The van der Waals surface area contributed by atoms with Crippen LogP contribution in [-0.4, -0.2) is 51.3 Å². The zero-order valence-electron chi connectivity index (χ0n) is 19.8. The highest BCUT2D eigenvalue weighted by Crippen LogP contribution is 2.30. The molecular formula is C26H28FN3O4S. The fraction of sp³-hybridized carbons (Fsp3) is 0.385. The van der Waals surface area contributed by atoms with E-state index in [1.807, 2.05) is 6.92 Å². The Morgan fingerprint density at radius 2 is 2.00 bits per heavy atom. The molecule has 9 heteroatoms. The average Bonchev–Trinajstić information content (AvgIpc) is 2.87. The molecule has 7 nitrogen and oxygen atoms in total. The molecule has 1 amide bonds. The molecule has 1 aliphatic heterocycles. The molecule has 1 aromatic heterocycles. The van der Waals surface area contributed by atoms with Crippen LogP contribution in [0.5, 0.6) is 0 Å². The monoisotopic (exact) mass is 497 g/mol. The lowest BCUT2D eigenvalue weighted by molar-refractivity contribution is -0.151. The first-order valence-corrected chi connectivity index (χ1v) is 12.7. The minimum atomic E-state index is -0.524. The van der Waals surface area contributed by atoms with Crippen molar-refractivity contribution < 1.29 is 18.7 Å². The van der Waals surface area contributed by atoms with Crippen LogP contribution < -0.4 is 5.56 Å². The van der Waals surface area contributed by atoms with Gasteiger partial charge in [0.15, 0.2) is 5.16 Å². The third-order valence-electron chi connectivity index (χ3n) is 6.06. The third kappa shape index (κ3) is 5.40. The van der Waals surface area contributed by atoms with Crippen molar-refractivity contribution in [3.8, 4) is 5.69 Å². The van der Waals surface area contributed by atoms with Crippen molar-refractivity contribution in [2.45, 2.75) is 43.5 Å². The molecule has 0 saturated carbocycles. The largest absolute Gasteiger partial charge is 0.466 e. The second-order valence-corrected chi connectivity index (χ2v) is 9.59. The number of para-hydroxylation sites is 1. The lowest BCUT2D eigenvalue weighted by atomic mass is 9.98. The van der Waals surface area contributed by atoms with E-state index in [1.165, 1.54) is 34.5 Å². The Morgan fingerprint density at radius 1 is 1.20 bits per heavy atom. The molecule has 0 bridgehead atoms. The zero-order valence-corrected chi connectivity index (χ0v) is 20.6. The summed E-state index contributed by atoms with van der Waals surface area (Å²) in [6.45, 7) is 4.85. The van der Waals surface area contributed by atoms with Crippen LogP contribution in [0.25, 0.3) is 16.6 Å². The van der Waals surface area contributed by atoms with Crippen LogP contribution in [0.3, 0.4) is 0 Å². The highest BCUT2D eigenvalue weighted by molar-refractivity contribution is 8.00. The van der Waals surface area contributed by atoms with Crippen LogP contribution in [0.2, 0.25) is 0 Å². The number of fused-ring (bicyclic) bond motifs is 1. The Labute approximate surface area is 207 Å². The fourth-order valence-corrected chi connectivity index (χ4v) is 5.42. The normalized spacial score (nSPS) is 16.8. The highest BCUT2D eigenvalue weighted by atomic mass is 32.2. The number of aromatic nitrogens is 2. The van der Waals surface area contributed by atoms with Gasteiger partial charge in [0.1, 0.15) is 5.82 Å².